The van der Waals surface area contributed by atoms with Crippen molar-refractivity contribution < 1.29 is 13.2 Å². The zero-order chi connectivity index (χ0) is 26.8. The molecular weight excluding hydrogens is 493 g/mol. The first-order chi connectivity index (χ1) is 18.1. The highest BCUT2D eigenvalue weighted by Crippen LogP contribution is 2.39. The fourth-order valence-electron chi connectivity index (χ4n) is 5.41. The van der Waals surface area contributed by atoms with E-state index in [-0.39, 0.29) is 18.2 Å². The summed E-state index contributed by atoms with van der Waals surface area (Å²) in [5.74, 6) is 0.380. The van der Waals surface area contributed by atoms with Gasteiger partial charge in [0, 0.05) is 49.0 Å². The minimum Gasteiger partial charge on any atom is -0.326 e. The summed E-state index contributed by atoms with van der Waals surface area (Å²) in [5, 5.41) is 13.8. The Hall–Kier alpha value is -3.83. The molecule has 0 aliphatic carbocycles. The van der Waals surface area contributed by atoms with Crippen LogP contribution in [0.4, 0.5) is 13.2 Å². The number of fused-ring (bicyclic) bond motifs is 2. The van der Waals surface area contributed by atoms with Gasteiger partial charge in [-0.05, 0) is 49.1 Å². The van der Waals surface area contributed by atoms with Gasteiger partial charge in [0.1, 0.15) is 11.7 Å². The van der Waals surface area contributed by atoms with Crippen molar-refractivity contribution in [3.8, 4) is 22.6 Å². The van der Waals surface area contributed by atoms with Gasteiger partial charge in [-0.15, -0.1) is 10.2 Å². The van der Waals surface area contributed by atoms with E-state index in [0.29, 0.717) is 30.1 Å². The molecular formula is C27H27F3N8. The number of halogens is 3. The molecule has 1 saturated heterocycles. The van der Waals surface area contributed by atoms with E-state index in [0.717, 1.165) is 33.3 Å². The molecule has 2 atom stereocenters. The molecule has 11 heteroatoms. The molecule has 4 aromatic heterocycles. The van der Waals surface area contributed by atoms with Crippen LogP contribution >= 0.6 is 0 Å². The number of aryl methyl sites for hydroxylation is 2. The third-order valence-electron chi connectivity index (χ3n) is 7.54. The highest BCUT2D eigenvalue weighted by atomic mass is 19.4. The van der Waals surface area contributed by atoms with Crippen LogP contribution < -0.4 is 5.73 Å². The standard InChI is InChI=1S/C27H27F3N8/c1-15-20(21-12-32-36(3)16(21)2)7-4-17-5-8-22(33-24(15)17)26-35-34-23-9-6-18(13-38(23)26)25(27(28,29)30)37-11-10-19(31)14-37/h4-9,12-13,19,25H,10-11,14,31H2,1-3H3/t19-,25+/m0/s1. The Kier molecular flexibility index (Phi) is 5.73. The molecule has 2 N–H and O–H groups in total. The first kappa shape index (κ1) is 24.5. The number of nitrogens with zero attached hydrogens (tertiary/aromatic N) is 7. The topological polar surface area (TPSA) is 90.2 Å². The number of hydrogen-bond donors (Lipinski definition) is 1. The highest BCUT2D eigenvalue weighted by Gasteiger charge is 2.46. The van der Waals surface area contributed by atoms with Gasteiger partial charge in [-0.2, -0.15) is 18.3 Å². The molecule has 8 nitrogen and oxygen atoms in total. The summed E-state index contributed by atoms with van der Waals surface area (Å²) in [7, 11) is 1.90. The second-order valence-electron chi connectivity index (χ2n) is 9.98. The van der Waals surface area contributed by atoms with Gasteiger partial charge in [-0.3, -0.25) is 14.0 Å². The second kappa shape index (κ2) is 8.88. The molecule has 0 spiro atoms. The number of pyridine rings is 2. The number of aromatic nitrogens is 6. The molecule has 6 rings (SSSR count). The lowest BCUT2D eigenvalue weighted by Gasteiger charge is -2.30. The fraction of sp³-hybridized carbons (Fsp3) is 0.333. The number of likely N-dealkylation sites (tertiary alicyclic amines) is 1. The zero-order valence-electron chi connectivity index (χ0n) is 21.2. The molecule has 5 heterocycles. The molecule has 0 amide bonds. The van der Waals surface area contributed by atoms with Crippen molar-refractivity contribution in [1.29, 1.82) is 0 Å². The van der Waals surface area contributed by atoms with Crippen LogP contribution in [0.1, 0.15) is 29.3 Å². The van der Waals surface area contributed by atoms with Crippen molar-refractivity contribution in [2.24, 2.45) is 12.8 Å². The van der Waals surface area contributed by atoms with Gasteiger partial charge in [-0.1, -0.05) is 24.3 Å². The summed E-state index contributed by atoms with van der Waals surface area (Å²) < 4.78 is 46.1. The Morgan fingerprint density at radius 2 is 1.82 bits per heavy atom. The van der Waals surface area contributed by atoms with E-state index < -0.39 is 12.2 Å². The van der Waals surface area contributed by atoms with Crippen LogP contribution in [0.25, 0.3) is 39.2 Å². The number of alkyl halides is 3. The van der Waals surface area contributed by atoms with Crippen molar-refractivity contribution in [1.82, 2.24) is 34.3 Å². The summed E-state index contributed by atoms with van der Waals surface area (Å²) in [6.07, 6.45) is -0.606. The van der Waals surface area contributed by atoms with Crippen LogP contribution in [0.15, 0.2) is 48.8 Å². The number of rotatable bonds is 4. The predicted octanol–water partition coefficient (Wildman–Crippen LogP) is 4.60. The fourth-order valence-corrected chi connectivity index (χ4v) is 5.41. The second-order valence-corrected chi connectivity index (χ2v) is 9.98. The molecule has 38 heavy (non-hydrogen) atoms. The lowest BCUT2D eigenvalue weighted by atomic mass is 9.98. The molecule has 0 saturated carbocycles. The first-order valence-corrected chi connectivity index (χ1v) is 12.4. The Morgan fingerprint density at radius 1 is 1.03 bits per heavy atom. The maximum atomic E-state index is 14.2. The SMILES string of the molecule is Cc1c(-c2cnn(C)c2C)ccc2ccc(-c3nnc4ccc([C@@H](N5CC[C@H](N)C5)C(F)(F)F)cn34)nc12. The lowest BCUT2D eigenvalue weighted by Crippen LogP contribution is -2.38. The van der Waals surface area contributed by atoms with Gasteiger partial charge in [0.2, 0.25) is 0 Å². The van der Waals surface area contributed by atoms with E-state index in [1.807, 2.05) is 50.0 Å². The smallest absolute Gasteiger partial charge is 0.326 e. The third kappa shape index (κ3) is 4.02. The number of hydrogen-bond acceptors (Lipinski definition) is 6. The van der Waals surface area contributed by atoms with Gasteiger partial charge in [0.05, 0.1) is 11.7 Å². The van der Waals surface area contributed by atoms with Gasteiger partial charge in [-0.25, -0.2) is 4.98 Å². The number of nitrogens with two attached hydrogens (primary N) is 1. The summed E-state index contributed by atoms with van der Waals surface area (Å²) in [6.45, 7) is 4.51. The van der Waals surface area contributed by atoms with Crippen LogP contribution in [-0.4, -0.2) is 59.6 Å². The van der Waals surface area contributed by atoms with E-state index in [2.05, 4.69) is 21.4 Å². The Balaban J connectivity index is 1.46. The maximum absolute atomic E-state index is 14.2. The average Bonchev–Trinajstić information content (AvgIpc) is 3.58. The summed E-state index contributed by atoms with van der Waals surface area (Å²) in [4.78, 5) is 6.30. The van der Waals surface area contributed by atoms with Gasteiger partial charge in [0.25, 0.3) is 0 Å². The van der Waals surface area contributed by atoms with Crippen LogP contribution in [0, 0.1) is 13.8 Å². The molecule has 196 valence electrons. The molecule has 5 aromatic rings. The Labute approximate surface area is 216 Å². The molecule has 1 fully saturated rings. The van der Waals surface area contributed by atoms with Crippen LogP contribution in [0.2, 0.25) is 0 Å². The Morgan fingerprint density at radius 3 is 2.50 bits per heavy atom. The molecule has 0 radical (unpaired) electrons. The molecule has 1 aliphatic rings. The minimum absolute atomic E-state index is 0.117. The van der Waals surface area contributed by atoms with Gasteiger partial charge in [0.15, 0.2) is 11.5 Å². The Bertz CT molecular complexity index is 1670. The predicted molar refractivity (Wildman–Crippen MR) is 138 cm³/mol. The van der Waals surface area contributed by atoms with E-state index in [1.54, 1.807) is 10.5 Å². The van der Waals surface area contributed by atoms with Crippen molar-refractivity contribution in [3.63, 3.8) is 0 Å². The van der Waals surface area contributed by atoms with Gasteiger partial charge < -0.3 is 5.73 Å². The average molecular weight is 521 g/mol. The van der Waals surface area contributed by atoms with Crippen molar-refractivity contribution in [2.45, 2.75) is 38.5 Å². The van der Waals surface area contributed by atoms with Crippen LogP contribution in [0.3, 0.4) is 0 Å². The molecule has 1 aliphatic heterocycles. The van der Waals surface area contributed by atoms with Crippen LogP contribution in [0.5, 0.6) is 0 Å². The monoisotopic (exact) mass is 520 g/mol. The molecule has 1 aromatic carbocycles. The van der Waals surface area contributed by atoms with Crippen molar-refractivity contribution in [3.05, 3.63) is 65.6 Å². The molecule has 0 bridgehead atoms. The largest absolute Gasteiger partial charge is 0.408 e. The normalized spacial score (nSPS) is 17.6. The van der Waals surface area contributed by atoms with Crippen molar-refractivity contribution in [2.75, 3.05) is 13.1 Å². The minimum atomic E-state index is -4.45. The van der Waals surface area contributed by atoms with Crippen molar-refractivity contribution >= 4 is 16.6 Å². The third-order valence-corrected chi connectivity index (χ3v) is 7.54. The summed E-state index contributed by atoms with van der Waals surface area (Å²) in [6, 6.07) is 8.85. The summed E-state index contributed by atoms with van der Waals surface area (Å²) >= 11 is 0. The van der Waals surface area contributed by atoms with Crippen LogP contribution in [-0.2, 0) is 7.05 Å². The van der Waals surface area contributed by atoms with Gasteiger partial charge >= 0.3 is 6.18 Å². The quantitative estimate of drug-likeness (QED) is 0.373. The highest BCUT2D eigenvalue weighted by molar-refractivity contribution is 5.90. The molecule has 0 unspecified atom stereocenters. The number of benzene rings is 1. The summed E-state index contributed by atoms with van der Waals surface area (Å²) in [5.41, 5.74) is 11.9. The van der Waals surface area contributed by atoms with E-state index >= 15 is 0 Å². The van der Waals surface area contributed by atoms with E-state index in [9.17, 15) is 13.2 Å². The maximum Gasteiger partial charge on any atom is 0.408 e. The lowest BCUT2D eigenvalue weighted by molar-refractivity contribution is -0.183. The van der Waals surface area contributed by atoms with E-state index in [4.69, 9.17) is 10.7 Å². The zero-order valence-corrected chi connectivity index (χ0v) is 21.2. The van der Waals surface area contributed by atoms with E-state index in [1.165, 1.54) is 17.2 Å². The first-order valence-electron chi connectivity index (χ1n) is 12.4.